The zero-order chi connectivity index (χ0) is 35.9. The second-order valence-electron chi connectivity index (χ2n) is 14.9. The van der Waals surface area contributed by atoms with Gasteiger partial charge in [-0.15, -0.1) is 0 Å². The maximum absolute atomic E-state index is 16.7. The third kappa shape index (κ3) is 8.12. The highest BCUT2D eigenvalue weighted by atomic mass is 19.1. The number of hydrogen-bond acceptors (Lipinski definition) is 10. The molecule has 3 amide bonds. The summed E-state index contributed by atoms with van der Waals surface area (Å²) in [6.07, 6.45) is 1.04. The van der Waals surface area contributed by atoms with Crippen LogP contribution in [0.25, 0.3) is 21.9 Å². The van der Waals surface area contributed by atoms with Gasteiger partial charge >= 0.3 is 18.3 Å². The molecule has 49 heavy (non-hydrogen) atoms. The number of carbonyl (C=O) groups is 3. The third-order valence-electron chi connectivity index (χ3n) is 8.10. The van der Waals surface area contributed by atoms with Crippen LogP contribution in [0.3, 0.4) is 0 Å². The maximum Gasteiger partial charge on any atom is 0.415 e. The van der Waals surface area contributed by atoms with E-state index in [0.29, 0.717) is 35.2 Å². The van der Waals surface area contributed by atoms with E-state index in [0.717, 1.165) is 6.54 Å². The highest BCUT2D eigenvalue weighted by Gasteiger charge is 2.36. The van der Waals surface area contributed by atoms with E-state index < -0.39 is 35.3 Å². The molecule has 4 heterocycles. The largest absolute Gasteiger partial charge is 0.474 e. The molecule has 13 nitrogen and oxygen atoms in total. The van der Waals surface area contributed by atoms with Crippen LogP contribution in [0.2, 0.25) is 0 Å². The number of carbonyl (C=O) groups excluding carboxylic acids is 3. The van der Waals surface area contributed by atoms with Gasteiger partial charge in [-0.25, -0.2) is 28.7 Å². The van der Waals surface area contributed by atoms with Crippen LogP contribution in [0, 0.1) is 18.2 Å². The number of benzene rings is 1. The summed E-state index contributed by atoms with van der Waals surface area (Å²) in [5, 5.41) is 9.25. The van der Waals surface area contributed by atoms with Crippen LogP contribution in [0.5, 0.6) is 5.88 Å². The number of rotatable bonds is 4. The van der Waals surface area contributed by atoms with Crippen molar-refractivity contribution in [1.82, 2.24) is 15.3 Å². The second-order valence-corrected chi connectivity index (χ2v) is 14.9. The van der Waals surface area contributed by atoms with Crippen LogP contribution in [0.15, 0.2) is 24.5 Å². The first-order valence-electron chi connectivity index (χ1n) is 16.3. The molecular weight excluding hydrogens is 635 g/mol. The molecule has 2 aliphatic heterocycles. The molecule has 1 aromatic carbocycles. The topological polar surface area (TPSA) is 153 Å². The number of amides is 3. The van der Waals surface area contributed by atoms with E-state index in [-0.39, 0.29) is 53.0 Å². The SMILES string of the molecule is Cc1c(-c2cc3cc(NC(=O)OC4CCNCC4(C)C)ncc3c(NC(=O)OC(C)(C)C)c2F)cnc2c1N(C(=O)OC(C)(C)C)CCO2. The Morgan fingerprint density at radius 1 is 1.00 bits per heavy atom. The van der Waals surface area contributed by atoms with Gasteiger partial charge in [0.2, 0.25) is 5.88 Å². The third-order valence-corrected chi connectivity index (χ3v) is 8.10. The lowest BCUT2D eigenvalue weighted by atomic mass is 9.82. The predicted octanol–water partition coefficient (Wildman–Crippen LogP) is 7.16. The van der Waals surface area contributed by atoms with E-state index >= 15 is 4.39 Å². The van der Waals surface area contributed by atoms with Crippen LogP contribution in [-0.2, 0) is 14.2 Å². The van der Waals surface area contributed by atoms with Crippen molar-refractivity contribution in [3.05, 3.63) is 35.9 Å². The predicted molar refractivity (Wildman–Crippen MR) is 184 cm³/mol. The Bertz CT molecular complexity index is 1780. The van der Waals surface area contributed by atoms with Crippen LogP contribution in [0.4, 0.5) is 36.0 Å². The fourth-order valence-electron chi connectivity index (χ4n) is 5.80. The lowest BCUT2D eigenvalue weighted by Gasteiger charge is -2.38. The van der Waals surface area contributed by atoms with E-state index in [1.54, 1.807) is 60.6 Å². The highest BCUT2D eigenvalue weighted by molar-refractivity contribution is 6.05. The minimum atomic E-state index is -0.870. The van der Waals surface area contributed by atoms with Crippen LogP contribution in [-0.4, -0.2) is 71.8 Å². The molecule has 14 heteroatoms. The average Bonchev–Trinajstić information content (AvgIpc) is 2.98. The number of aromatic nitrogens is 2. The lowest BCUT2D eigenvalue weighted by molar-refractivity contribution is 0.00976. The summed E-state index contributed by atoms with van der Waals surface area (Å²) in [5.74, 6) is -0.411. The quantitative estimate of drug-likeness (QED) is 0.242. The van der Waals surface area contributed by atoms with Gasteiger partial charge in [-0.1, -0.05) is 13.8 Å². The molecule has 3 aromatic rings. The molecule has 0 radical (unpaired) electrons. The number of anilines is 3. The molecule has 2 aromatic heterocycles. The lowest BCUT2D eigenvalue weighted by Crippen LogP contribution is -2.48. The average molecular weight is 681 g/mol. The normalized spacial score (nSPS) is 17.4. The van der Waals surface area contributed by atoms with E-state index in [4.69, 9.17) is 18.9 Å². The molecule has 1 fully saturated rings. The van der Waals surface area contributed by atoms with Crippen LogP contribution < -0.4 is 25.6 Å². The van der Waals surface area contributed by atoms with E-state index in [1.807, 2.05) is 13.8 Å². The minimum Gasteiger partial charge on any atom is -0.474 e. The second kappa shape index (κ2) is 13.3. The van der Waals surface area contributed by atoms with Gasteiger partial charge in [0.15, 0.2) is 5.82 Å². The summed E-state index contributed by atoms with van der Waals surface area (Å²) in [6, 6.07) is 3.13. The zero-order valence-electron chi connectivity index (χ0n) is 29.5. The Hall–Kier alpha value is -4.72. The molecule has 1 saturated heterocycles. The van der Waals surface area contributed by atoms with Crippen molar-refractivity contribution in [2.45, 2.75) is 86.0 Å². The standard InChI is InChI=1S/C35H45FN6O7/c1-19-22(16-39-29-28(19)42(12-13-46-29)32(45)49-34(5,6)7)21-14-20-15-25(40-30(43)47-24-10-11-37-18-35(24,8)9)38-17-23(20)27(26(21)36)41-31(44)48-33(2,3)4/h14-17,24,37H,10-13,18H2,1-9H3,(H,41,44)(H,38,40,43). The van der Waals surface area contributed by atoms with Gasteiger partial charge in [0, 0.05) is 40.9 Å². The summed E-state index contributed by atoms with van der Waals surface area (Å²) >= 11 is 0. The van der Waals surface area contributed by atoms with Gasteiger partial charge in [-0.2, -0.15) is 0 Å². The Balaban J connectivity index is 1.58. The van der Waals surface area contributed by atoms with Crippen molar-refractivity contribution in [3.63, 3.8) is 0 Å². The van der Waals surface area contributed by atoms with Crippen molar-refractivity contribution in [2.24, 2.45) is 5.41 Å². The van der Waals surface area contributed by atoms with Gasteiger partial charge in [-0.3, -0.25) is 15.5 Å². The number of nitrogens with one attached hydrogen (secondary N) is 3. The molecule has 1 atom stereocenters. The first-order chi connectivity index (χ1) is 22.8. The number of fused-ring (bicyclic) bond motifs is 2. The molecule has 5 rings (SSSR count). The number of nitrogens with zero attached hydrogens (tertiary/aromatic N) is 3. The van der Waals surface area contributed by atoms with Crippen LogP contribution in [0.1, 0.15) is 67.4 Å². The number of hydrogen-bond donors (Lipinski definition) is 3. The number of halogens is 1. The number of pyridine rings is 2. The summed E-state index contributed by atoms with van der Waals surface area (Å²) < 4.78 is 39.2. The molecule has 0 saturated carbocycles. The van der Waals surface area contributed by atoms with Gasteiger partial charge in [0.05, 0.1) is 12.2 Å². The van der Waals surface area contributed by atoms with E-state index in [9.17, 15) is 14.4 Å². The molecule has 1 unspecified atom stereocenters. The fraction of sp³-hybridized carbons (Fsp3) is 0.514. The van der Waals surface area contributed by atoms with E-state index in [2.05, 4.69) is 25.9 Å². The Morgan fingerprint density at radius 2 is 1.71 bits per heavy atom. The van der Waals surface area contributed by atoms with Crippen molar-refractivity contribution in [3.8, 4) is 17.0 Å². The molecule has 0 spiro atoms. The summed E-state index contributed by atoms with van der Waals surface area (Å²) in [6.45, 7) is 18.0. The summed E-state index contributed by atoms with van der Waals surface area (Å²) in [4.78, 5) is 49.3. The van der Waals surface area contributed by atoms with Gasteiger partial charge < -0.3 is 24.3 Å². The van der Waals surface area contributed by atoms with Crippen molar-refractivity contribution < 1.29 is 37.7 Å². The van der Waals surface area contributed by atoms with E-state index in [1.165, 1.54) is 17.3 Å². The monoisotopic (exact) mass is 680 g/mol. The van der Waals surface area contributed by atoms with Crippen molar-refractivity contribution in [2.75, 3.05) is 41.8 Å². The maximum atomic E-state index is 16.7. The Labute approximate surface area is 285 Å². The minimum absolute atomic E-state index is 0.0669. The summed E-state index contributed by atoms with van der Waals surface area (Å²) in [7, 11) is 0. The van der Waals surface area contributed by atoms with Crippen molar-refractivity contribution >= 4 is 46.2 Å². The molecule has 264 valence electrons. The fourth-order valence-corrected chi connectivity index (χ4v) is 5.80. The zero-order valence-corrected chi connectivity index (χ0v) is 29.5. The van der Waals surface area contributed by atoms with Gasteiger partial charge in [0.1, 0.15) is 35.4 Å². The smallest absolute Gasteiger partial charge is 0.415 e. The molecule has 2 aliphatic rings. The Kier molecular flexibility index (Phi) is 9.66. The number of piperidine rings is 1. The molecular formula is C35H45FN6O7. The first-order valence-corrected chi connectivity index (χ1v) is 16.3. The molecule has 0 bridgehead atoms. The van der Waals surface area contributed by atoms with Gasteiger partial charge in [0.25, 0.3) is 0 Å². The number of ether oxygens (including phenoxy) is 4. The summed E-state index contributed by atoms with van der Waals surface area (Å²) in [5.41, 5.74) is -0.796. The first kappa shape index (κ1) is 35.6. The highest BCUT2D eigenvalue weighted by Crippen LogP contribution is 2.42. The molecule has 0 aliphatic carbocycles. The molecule has 3 N–H and O–H groups in total. The van der Waals surface area contributed by atoms with Crippen LogP contribution >= 0.6 is 0 Å². The van der Waals surface area contributed by atoms with Crippen molar-refractivity contribution in [1.29, 1.82) is 0 Å². The van der Waals surface area contributed by atoms with Gasteiger partial charge in [-0.05, 0) is 84.5 Å². The Morgan fingerprint density at radius 3 is 2.39 bits per heavy atom.